The Balaban J connectivity index is 0.000000109. The Morgan fingerprint density at radius 3 is 1.17 bits per heavy atom. The molecule has 8 aliphatic heterocycles. The van der Waals surface area contributed by atoms with E-state index in [1.807, 2.05) is 191 Å². The van der Waals surface area contributed by atoms with E-state index in [0.29, 0.717) is 0 Å². The number of hydrogen-bond donors (Lipinski definition) is 0. The molecular formula is C99H65Ir4N17O-8. The molecule has 121 heavy (non-hydrogen) atoms. The zero-order valence-electron chi connectivity index (χ0n) is 64.4. The van der Waals surface area contributed by atoms with Crippen molar-refractivity contribution in [2.75, 3.05) is 39.6 Å². The zero-order valence-corrected chi connectivity index (χ0v) is 74.0. The van der Waals surface area contributed by atoms with Gasteiger partial charge in [-0.15, -0.1) is 48.9 Å². The number of benzene rings is 13. The average Bonchev–Trinajstić information content (AvgIpc) is 1.52. The Kier molecular flexibility index (Phi) is 21.7. The van der Waals surface area contributed by atoms with E-state index in [0.717, 1.165) is 158 Å². The summed E-state index contributed by atoms with van der Waals surface area (Å²) < 4.78 is 10.4. The molecule has 18 nitrogen and oxygen atoms in total. The fourth-order valence-electron chi connectivity index (χ4n) is 16.6. The summed E-state index contributed by atoms with van der Waals surface area (Å²) in [5.41, 5.74) is 27.1. The van der Waals surface area contributed by atoms with E-state index in [-0.39, 0.29) is 80.4 Å². The first kappa shape index (κ1) is 79.0. The summed E-state index contributed by atoms with van der Waals surface area (Å²) >= 11 is 0. The number of anilines is 8. The molecule has 0 N–H and O–H groups in total. The van der Waals surface area contributed by atoms with Gasteiger partial charge in [0.25, 0.3) is 0 Å². The molecule has 25 rings (SSSR count). The summed E-state index contributed by atoms with van der Waals surface area (Å²) in [5.74, 6) is 5.85. The minimum absolute atomic E-state index is 0. The third-order valence-electron chi connectivity index (χ3n) is 21.8. The van der Waals surface area contributed by atoms with Gasteiger partial charge in [0.05, 0.1) is 11.4 Å². The number of pyridine rings is 1. The van der Waals surface area contributed by atoms with E-state index in [4.69, 9.17) is 24.8 Å². The van der Waals surface area contributed by atoms with Crippen molar-refractivity contribution in [1.82, 2.24) is 24.1 Å². The standard InChI is InChI=1S/C26H15N3O.C25H19N5.C25H16N4.C23H15N5.4Ir/c1-2-11-21-17(8-1)18-9-3-5-13-22(18)28-16-29(27-26(21)28)23-14-7-12-20-19-10-4-6-15-24(19)30-25(20)23;1-17-8-7-9-18(2)23(17)28-15-14-26-25(28)30-16-29-22-13-6-5-11-20(22)19-10-3-4-12-21(19)24(29)27-30;1-2-9-18(10-3-1)19-14-8-16-26-24(19)29-17-28-23-15-7-6-12-21(23)20-11-4-5-13-22(20)25(28)27-29;1-2-8-17(9-3-1)26-15-14-24-23(26)28-16-27-21-13-7-6-11-19(21)18-10-4-5-12-20(18)22(27)25-28;;;;/h1-12,14-16H;3-12,14-16H,1-2H3;1-14,16-17H;1-12,14-16H;;;;/q4*-2;;;;. The second-order valence-electron chi connectivity index (χ2n) is 28.7. The molecule has 0 unspecified atom stereocenters. The molecule has 0 fully saturated rings. The molecule has 22 heteroatoms. The van der Waals surface area contributed by atoms with Crippen LogP contribution in [0.2, 0.25) is 0 Å². The van der Waals surface area contributed by atoms with Crippen molar-refractivity contribution in [1.29, 1.82) is 0 Å². The number of fused-ring (bicyclic) bond motifs is 27. The van der Waals surface area contributed by atoms with Crippen LogP contribution in [0.4, 0.5) is 46.2 Å². The van der Waals surface area contributed by atoms with Crippen LogP contribution in [-0.4, -0.2) is 47.4 Å². The maximum Gasteiger partial charge on any atom is 0.201 e. The molecule has 0 saturated heterocycles. The number of para-hydroxylation sites is 8. The predicted molar refractivity (Wildman–Crippen MR) is 466 cm³/mol. The second-order valence-corrected chi connectivity index (χ2v) is 28.7. The second kappa shape index (κ2) is 33.2. The van der Waals surface area contributed by atoms with Crippen LogP contribution in [0.1, 0.15) is 33.4 Å². The molecule has 0 amide bonds. The SMILES string of the molecule is Cc1cccc(C)c1-n1ccnc1N1[CH-]N2C(=N1)c1ccccc1-c1ccc[c-]c12.[Ir].[Ir].[Ir].[Ir].[c-]1cccc2c1N1[CH-]N(c3cccc4c3oc3ccccc34)N=C1c1ccccc1-2.[c-]1cccc2c1N1[CH-]N(c3ncccc3-c3ccccc3)N=C1c1ccccc1-2.[c-]1cccc2c1N1[CH-]N(c3nccn3-c3ccccc3)N=C1c1ccccc1-2. The molecule has 17 aromatic rings. The van der Waals surface area contributed by atoms with Crippen molar-refractivity contribution in [2.45, 2.75) is 13.8 Å². The van der Waals surface area contributed by atoms with Crippen LogP contribution in [0, 0.1) is 64.8 Å². The topological polar surface area (TPSA) is 137 Å². The largest absolute Gasteiger partial charge is 0.476 e. The Morgan fingerprint density at radius 2 is 0.669 bits per heavy atom. The van der Waals surface area contributed by atoms with Crippen LogP contribution < -0.4 is 39.6 Å². The number of aromatic nitrogens is 5. The summed E-state index contributed by atoms with van der Waals surface area (Å²) in [7, 11) is 0. The number of furan rings is 1. The van der Waals surface area contributed by atoms with Crippen LogP contribution in [0.3, 0.4) is 0 Å². The maximum absolute atomic E-state index is 6.23. The van der Waals surface area contributed by atoms with Gasteiger partial charge < -0.3 is 44.1 Å². The Bertz CT molecular complexity index is 6920. The van der Waals surface area contributed by atoms with Crippen LogP contribution in [0.15, 0.2) is 359 Å². The first-order chi connectivity index (χ1) is 57.9. The molecule has 0 spiro atoms. The van der Waals surface area contributed by atoms with E-state index in [1.54, 1.807) is 12.4 Å². The van der Waals surface area contributed by atoms with Crippen LogP contribution >= 0.6 is 0 Å². The summed E-state index contributed by atoms with van der Waals surface area (Å²) in [5, 5.41) is 29.4. The fourth-order valence-corrected chi connectivity index (χ4v) is 16.6. The number of imidazole rings is 2. The molecule has 8 aliphatic rings. The van der Waals surface area contributed by atoms with Crippen LogP contribution in [0.5, 0.6) is 0 Å². The van der Waals surface area contributed by atoms with Crippen molar-refractivity contribution in [3.63, 3.8) is 0 Å². The number of hydrogen-bond acceptors (Lipinski definition) is 16. The number of hydrazone groups is 4. The predicted octanol–water partition coefficient (Wildman–Crippen LogP) is 21.0. The molecule has 0 bridgehead atoms. The third kappa shape index (κ3) is 13.7. The first-order valence-corrected chi connectivity index (χ1v) is 38.5. The smallest absolute Gasteiger partial charge is 0.201 e. The quantitative estimate of drug-likeness (QED) is 0.140. The molecule has 4 radical (unpaired) electrons. The Morgan fingerprint density at radius 1 is 0.298 bits per heavy atom. The van der Waals surface area contributed by atoms with Crippen molar-refractivity contribution >= 4 is 91.4 Å². The minimum Gasteiger partial charge on any atom is -0.476 e. The molecule has 4 aromatic heterocycles. The molecule has 12 heterocycles. The fraction of sp³-hybridized carbons (Fsp3) is 0.0202. The van der Waals surface area contributed by atoms with Gasteiger partial charge in [0.1, 0.15) is 34.7 Å². The van der Waals surface area contributed by atoms with Gasteiger partial charge in [0.2, 0.25) is 11.9 Å². The number of nitrogens with zero attached hydrogens (tertiary/aromatic N) is 17. The van der Waals surface area contributed by atoms with E-state index >= 15 is 0 Å². The molecule has 596 valence electrons. The van der Waals surface area contributed by atoms with Gasteiger partial charge in [-0.3, -0.25) is 9.13 Å². The molecule has 0 atom stereocenters. The van der Waals surface area contributed by atoms with Crippen molar-refractivity contribution in [3.8, 4) is 67.0 Å². The molecule has 0 saturated carbocycles. The van der Waals surface area contributed by atoms with Gasteiger partial charge >= 0.3 is 0 Å². The maximum atomic E-state index is 6.23. The van der Waals surface area contributed by atoms with E-state index in [1.165, 1.54) is 33.4 Å². The van der Waals surface area contributed by atoms with Crippen LogP contribution in [0.25, 0.3) is 88.9 Å². The first-order valence-electron chi connectivity index (χ1n) is 38.5. The Labute approximate surface area is 753 Å². The van der Waals surface area contributed by atoms with E-state index in [2.05, 4.69) is 259 Å². The molecular weight excluding hydrogens is 2210 g/mol. The van der Waals surface area contributed by atoms with E-state index < -0.39 is 0 Å². The zero-order chi connectivity index (χ0) is 77.6. The van der Waals surface area contributed by atoms with Crippen LogP contribution in [-0.2, 0) is 80.4 Å². The Hall–Kier alpha value is -13.1. The van der Waals surface area contributed by atoms with Crippen molar-refractivity contribution < 1.29 is 84.8 Å². The molecule has 13 aromatic carbocycles. The minimum atomic E-state index is 0. The monoisotopic (exact) mass is 2280 g/mol. The number of rotatable bonds is 7. The van der Waals surface area contributed by atoms with Gasteiger partial charge in [-0.2, -0.15) is 117 Å². The van der Waals surface area contributed by atoms with E-state index in [9.17, 15) is 0 Å². The molecule has 0 aliphatic carbocycles. The summed E-state index contributed by atoms with van der Waals surface area (Å²) in [6.45, 7) is 12.2. The number of aryl methyl sites for hydroxylation is 2. The average molecular weight is 2280 g/mol. The van der Waals surface area contributed by atoms with Gasteiger partial charge in [-0.1, -0.05) is 239 Å². The normalized spacial score (nSPS) is 13.9. The van der Waals surface area contributed by atoms with Crippen molar-refractivity contribution in [2.24, 2.45) is 20.4 Å². The van der Waals surface area contributed by atoms with Gasteiger partial charge in [-0.25, -0.2) is 15.0 Å². The summed E-state index contributed by atoms with van der Waals surface area (Å²) in [4.78, 5) is 22.2. The summed E-state index contributed by atoms with van der Waals surface area (Å²) in [6, 6.07) is 117. The number of amidine groups is 4. The van der Waals surface area contributed by atoms with Crippen molar-refractivity contribution in [3.05, 3.63) is 419 Å². The third-order valence-corrected chi connectivity index (χ3v) is 21.8. The summed E-state index contributed by atoms with van der Waals surface area (Å²) in [6.07, 6.45) is 9.36. The van der Waals surface area contributed by atoms with Gasteiger partial charge in [0, 0.05) is 156 Å². The van der Waals surface area contributed by atoms with Gasteiger partial charge in [0.15, 0.2) is 5.58 Å². The van der Waals surface area contributed by atoms with Gasteiger partial charge in [-0.05, 0) is 66.9 Å².